The number of rotatable bonds is 6. The zero-order valence-electron chi connectivity index (χ0n) is 14.2. The van der Waals surface area contributed by atoms with Crippen molar-refractivity contribution in [1.29, 1.82) is 0 Å². The fraction of sp³-hybridized carbons (Fsp3) is 0.316. The molecule has 2 aromatic rings. The number of carbonyl (C=O) groups is 1. The second kappa shape index (κ2) is 7.73. The van der Waals surface area contributed by atoms with Gasteiger partial charge in [-0.3, -0.25) is 9.00 Å². The SMILES string of the molecule is CC(C)S(=O)c1ccc(C(=O)NCC(C)(O)c2ccccc2)cc1. The molecule has 0 heterocycles. The predicted octanol–water partition coefficient (Wildman–Crippen LogP) is 2.84. The highest BCUT2D eigenvalue weighted by Crippen LogP contribution is 2.19. The number of hydrogen-bond donors (Lipinski definition) is 2. The van der Waals surface area contributed by atoms with Gasteiger partial charge in [0.1, 0.15) is 5.60 Å². The number of aliphatic hydroxyl groups is 1. The molecule has 0 fully saturated rings. The van der Waals surface area contributed by atoms with Gasteiger partial charge in [0.25, 0.3) is 5.91 Å². The minimum absolute atomic E-state index is 0.0330. The highest BCUT2D eigenvalue weighted by atomic mass is 32.2. The molecule has 5 heteroatoms. The molecule has 0 radical (unpaired) electrons. The van der Waals surface area contributed by atoms with Gasteiger partial charge in [-0.1, -0.05) is 44.2 Å². The molecular weight excluding hydrogens is 322 g/mol. The van der Waals surface area contributed by atoms with Crippen LogP contribution >= 0.6 is 0 Å². The molecule has 1 amide bonds. The molecule has 0 bridgehead atoms. The van der Waals surface area contributed by atoms with Gasteiger partial charge in [-0.2, -0.15) is 0 Å². The Morgan fingerprint density at radius 2 is 1.71 bits per heavy atom. The lowest BCUT2D eigenvalue weighted by Gasteiger charge is -2.24. The van der Waals surface area contributed by atoms with Crippen LogP contribution in [0.15, 0.2) is 59.5 Å². The van der Waals surface area contributed by atoms with Crippen LogP contribution in [-0.2, 0) is 16.4 Å². The van der Waals surface area contributed by atoms with Crippen LogP contribution in [0, 0.1) is 0 Å². The van der Waals surface area contributed by atoms with Crippen LogP contribution in [0.4, 0.5) is 0 Å². The van der Waals surface area contributed by atoms with Gasteiger partial charge in [0.15, 0.2) is 0 Å². The molecule has 2 atom stereocenters. The molecule has 0 spiro atoms. The monoisotopic (exact) mass is 345 g/mol. The van der Waals surface area contributed by atoms with Crippen molar-refractivity contribution >= 4 is 16.7 Å². The molecule has 4 nitrogen and oxygen atoms in total. The standard InChI is InChI=1S/C19H23NO3S/c1-14(2)24(23)17-11-9-15(10-12-17)18(21)20-13-19(3,22)16-7-5-4-6-8-16/h4-12,14,22H,13H2,1-3H3,(H,20,21). The average molecular weight is 345 g/mol. The molecule has 0 aliphatic carbocycles. The Morgan fingerprint density at radius 3 is 2.25 bits per heavy atom. The number of benzene rings is 2. The summed E-state index contributed by atoms with van der Waals surface area (Å²) >= 11 is 0. The summed E-state index contributed by atoms with van der Waals surface area (Å²) in [6.45, 7) is 5.55. The summed E-state index contributed by atoms with van der Waals surface area (Å²) in [7, 11) is -1.07. The number of hydrogen-bond acceptors (Lipinski definition) is 3. The van der Waals surface area contributed by atoms with Gasteiger partial charge in [-0.05, 0) is 36.8 Å². The van der Waals surface area contributed by atoms with Gasteiger partial charge >= 0.3 is 0 Å². The summed E-state index contributed by atoms with van der Waals surface area (Å²) < 4.78 is 12.0. The number of nitrogens with one attached hydrogen (secondary N) is 1. The zero-order valence-corrected chi connectivity index (χ0v) is 15.0. The minimum atomic E-state index is -1.14. The van der Waals surface area contributed by atoms with Crippen LogP contribution in [-0.4, -0.2) is 27.0 Å². The van der Waals surface area contributed by atoms with E-state index in [1.165, 1.54) is 0 Å². The summed E-state index contributed by atoms with van der Waals surface area (Å²) in [5.41, 5.74) is 0.0760. The molecule has 0 aromatic heterocycles. The summed E-state index contributed by atoms with van der Waals surface area (Å²) in [6, 6.07) is 15.9. The largest absolute Gasteiger partial charge is 0.384 e. The molecule has 128 valence electrons. The van der Waals surface area contributed by atoms with E-state index in [0.717, 1.165) is 5.56 Å². The first-order valence-corrected chi connectivity index (χ1v) is 9.09. The van der Waals surface area contributed by atoms with Crippen molar-refractivity contribution in [2.24, 2.45) is 0 Å². The van der Waals surface area contributed by atoms with E-state index in [1.807, 2.05) is 44.2 Å². The summed E-state index contributed by atoms with van der Waals surface area (Å²) in [5.74, 6) is -0.270. The highest BCUT2D eigenvalue weighted by molar-refractivity contribution is 7.85. The van der Waals surface area contributed by atoms with Crippen molar-refractivity contribution in [2.75, 3.05) is 6.54 Å². The lowest BCUT2D eigenvalue weighted by molar-refractivity contribution is 0.0526. The van der Waals surface area contributed by atoms with Crippen molar-refractivity contribution in [2.45, 2.75) is 36.5 Å². The Kier molecular flexibility index (Phi) is 5.91. The number of carbonyl (C=O) groups excluding carboxylic acids is 1. The molecule has 24 heavy (non-hydrogen) atoms. The molecule has 0 aliphatic heterocycles. The maximum absolute atomic E-state index is 12.2. The fourth-order valence-electron chi connectivity index (χ4n) is 2.27. The molecule has 2 unspecified atom stereocenters. The first-order valence-electron chi connectivity index (χ1n) is 7.88. The van der Waals surface area contributed by atoms with Gasteiger partial charge in [-0.15, -0.1) is 0 Å². The van der Waals surface area contributed by atoms with Crippen molar-refractivity contribution in [3.8, 4) is 0 Å². The molecule has 2 N–H and O–H groups in total. The van der Waals surface area contributed by atoms with Crippen molar-refractivity contribution in [1.82, 2.24) is 5.32 Å². The first-order chi connectivity index (χ1) is 11.3. The third-order valence-electron chi connectivity index (χ3n) is 3.77. The van der Waals surface area contributed by atoms with E-state index >= 15 is 0 Å². The van der Waals surface area contributed by atoms with Crippen LogP contribution in [0.3, 0.4) is 0 Å². The third-order valence-corrected chi connectivity index (χ3v) is 5.36. The Balaban J connectivity index is 2.01. The summed E-state index contributed by atoms with van der Waals surface area (Å²) in [5, 5.41) is 13.3. The zero-order chi connectivity index (χ0) is 17.7. The van der Waals surface area contributed by atoms with E-state index in [9.17, 15) is 14.1 Å². The van der Waals surface area contributed by atoms with Crippen LogP contribution in [0.5, 0.6) is 0 Å². The van der Waals surface area contributed by atoms with Crippen molar-refractivity contribution in [3.63, 3.8) is 0 Å². The van der Waals surface area contributed by atoms with Gasteiger partial charge < -0.3 is 10.4 Å². The normalized spacial score (nSPS) is 14.9. The quantitative estimate of drug-likeness (QED) is 0.846. The van der Waals surface area contributed by atoms with Crippen LogP contribution in [0.2, 0.25) is 0 Å². The molecule has 0 saturated heterocycles. The van der Waals surface area contributed by atoms with Gasteiger partial charge in [0.05, 0.1) is 17.3 Å². The highest BCUT2D eigenvalue weighted by Gasteiger charge is 2.23. The van der Waals surface area contributed by atoms with Crippen LogP contribution in [0.25, 0.3) is 0 Å². The van der Waals surface area contributed by atoms with Crippen molar-refractivity contribution < 1.29 is 14.1 Å². The van der Waals surface area contributed by atoms with Gasteiger partial charge in [-0.25, -0.2) is 0 Å². The maximum Gasteiger partial charge on any atom is 0.251 e. The second-order valence-corrected chi connectivity index (χ2v) is 8.20. The Hall–Kier alpha value is -1.98. The van der Waals surface area contributed by atoms with E-state index < -0.39 is 16.4 Å². The minimum Gasteiger partial charge on any atom is -0.384 e. The summed E-state index contributed by atoms with van der Waals surface area (Å²) in [6.07, 6.45) is 0. The third kappa shape index (κ3) is 4.52. The van der Waals surface area contributed by atoms with Gasteiger partial charge in [0, 0.05) is 15.7 Å². The lowest BCUT2D eigenvalue weighted by Crippen LogP contribution is -2.38. The molecule has 2 rings (SSSR count). The average Bonchev–Trinajstić information content (AvgIpc) is 2.60. The fourth-order valence-corrected chi connectivity index (χ4v) is 3.21. The molecule has 0 aliphatic rings. The van der Waals surface area contributed by atoms with Gasteiger partial charge in [0.2, 0.25) is 0 Å². The van der Waals surface area contributed by atoms with Crippen molar-refractivity contribution in [3.05, 3.63) is 65.7 Å². The molecule has 2 aromatic carbocycles. The number of amides is 1. The smallest absolute Gasteiger partial charge is 0.251 e. The second-order valence-electron chi connectivity index (χ2n) is 6.19. The first kappa shape index (κ1) is 18.4. The maximum atomic E-state index is 12.2. The Morgan fingerprint density at radius 1 is 1.12 bits per heavy atom. The summed E-state index contributed by atoms with van der Waals surface area (Å²) in [4.78, 5) is 12.9. The van der Waals surface area contributed by atoms with E-state index in [2.05, 4.69) is 5.32 Å². The van der Waals surface area contributed by atoms with E-state index in [-0.39, 0.29) is 17.7 Å². The topological polar surface area (TPSA) is 66.4 Å². The molecular formula is C19H23NO3S. The Labute approximate surface area is 145 Å². The lowest BCUT2D eigenvalue weighted by atomic mass is 9.96. The van der Waals surface area contributed by atoms with E-state index in [4.69, 9.17) is 0 Å². The molecule has 0 saturated carbocycles. The Bertz CT molecular complexity index is 709. The van der Waals surface area contributed by atoms with E-state index in [1.54, 1.807) is 31.2 Å². The predicted molar refractivity (Wildman–Crippen MR) is 96.3 cm³/mol. The van der Waals surface area contributed by atoms with Crippen LogP contribution < -0.4 is 5.32 Å². The van der Waals surface area contributed by atoms with E-state index in [0.29, 0.717) is 10.5 Å². The van der Waals surface area contributed by atoms with Crippen LogP contribution in [0.1, 0.15) is 36.7 Å².